The van der Waals surface area contributed by atoms with Crippen LogP contribution in [0.15, 0.2) is 48.5 Å². The van der Waals surface area contributed by atoms with Gasteiger partial charge in [-0.25, -0.2) is 0 Å². The highest BCUT2D eigenvalue weighted by Gasteiger charge is 2.00. The summed E-state index contributed by atoms with van der Waals surface area (Å²) < 4.78 is 5.83. The predicted molar refractivity (Wildman–Crippen MR) is 105 cm³/mol. The molecule has 0 spiro atoms. The van der Waals surface area contributed by atoms with Gasteiger partial charge in [-0.1, -0.05) is 36.4 Å². The third kappa shape index (κ3) is 7.70. The monoisotopic (exact) mass is 355 g/mol. The first-order valence-electron chi connectivity index (χ1n) is 9.34. The van der Waals surface area contributed by atoms with Gasteiger partial charge in [0.05, 0.1) is 13.0 Å². The molecule has 0 bridgehead atoms. The highest BCUT2D eigenvalue weighted by Crippen LogP contribution is 2.15. The summed E-state index contributed by atoms with van der Waals surface area (Å²) in [6, 6.07) is 16.8. The first-order chi connectivity index (χ1) is 12.6. The molecule has 0 aromatic heterocycles. The molecule has 0 radical (unpaired) electrons. The number of carboxylic acid groups (broad SMARTS) is 1. The molecular weight excluding hydrogens is 326 g/mol. The summed E-state index contributed by atoms with van der Waals surface area (Å²) >= 11 is 0. The fraction of sp³-hybridized carbons (Fsp3) is 0.409. The molecular formula is C22H29NO3. The number of rotatable bonds is 12. The van der Waals surface area contributed by atoms with E-state index >= 15 is 0 Å². The zero-order chi connectivity index (χ0) is 18.6. The topological polar surface area (TPSA) is 58.6 Å². The number of aryl methyl sites for hydroxylation is 3. The smallest absolute Gasteiger partial charge is 0.304 e. The molecule has 0 saturated carbocycles. The molecule has 2 N–H and O–H groups in total. The Hall–Kier alpha value is -2.33. The van der Waals surface area contributed by atoms with Gasteiger partial charge in [0.25, 0.3) is 0 Å². The molecule has 0 atom stereocenters. The predicted octanol–water partition coefficient (Wildman–Crippen LogP) is 4.00. The van der Waals surface area contributed by atoms with Gasteiger partial charge in [-0.05, 0) is 68.0 Å². The Bertz CT molecular complexity index is 667. The van der Waals surface area contributed by atoms with Crippen LogP contribution in [0.25, 0.3) is 0 Å². The zero-order valence-corrected chi connectivity index (χ0v) is 15.5. The molecule has 2 aromatic rings. The van der Waals surface area contributed by atoms with E-state index in [0.717, 1.165) is 44.6 Å². The van der Waals surface area contributed by atoms with Crippen molar-refractivity contribution in [3.05, 3.63) is 65.2 Å². The average Bonchev–Trinajstić information content (AvgIpc) is 2.64. The lowest BCUT2D eigenvalue weighted by Gasteiger charge is -2.09. The van der Waals surface area contributed by atoms with Crippen LogP contribution in [0.3, 0.4) is 0 Å². The van der Waals surface area contributed by atoms with E-state index in [4.69, 9.17) is 9.84 Å². The molecule has 26 heavy (non-hydrogen) atoms. The van der Waals surface area contributed by atoms with Gasteiger partial charge in [0.15, 0.2) is 0 Å². The molecule has 0 saturated heterocycles. The maximum atomic E-state index is 10.4. The Labute approximate surface area is 156 Å². The number of hydrogen-bond acceptors (Lipinski definition) is 3. The molecule has 140 valence electrons. The lowest BCUT2D eigenvalue weighted by Crippen LogP contribution is -2.19. The van der Waals surface area contributed by atoms with Crippen LogP contribution < -0.4 is 10.1 Å². The van der Waals surface area contributed by atoms with Gasteiger partial charge in [-0.3, -0.25) is 4.79 Å². The van der Waals surface area contributed by atoms with Crippen LogP contribution in [0.1, 0.15) is 36.0 Å². The molecule has 0 aliphatic carbocycles. The van der Waals surface area contributed by atoms with Crippen LogP contribution in [0.4, 0.5) is 0 Å². The number of nitrogens with one attached hydrogen (secondary N) is 1. The SMILES string of the molecule is Cc1ccccc1CCCOc1ccc(CCCNCCC(=O)O)cc1. The highest BCUT2D eigenvalue weighted by molar-refractivity contribution is 5.66. The van der Waals surface area contributed by atoms with E-state index in [1.165, 1.54) is 16.7 Å². The van der Waals surface area contributed by atoms with Crippen molar-refractivity contribution in [2.45, 2.75) is 39.0 Å². The van der Waals surface area contributed by atoms with E-state index in [2.05, 4.69) is 48.6 Å². The summed E-state index contributed by atoms with van der Waals surface area (Å²) in [6.07, 6.45) is 4.20. The van der Waals surface area contributed by atoms with Crippen LogP contribution in [0, 0.1) is 6.92 Å². The third-order valence-electron chi connectivity index (χ3n) is 4.38. The van der Waals surface area contributed by atoms with E-state index in [1.807, 2.05) is 12.1 Å². The number of benzene rings is 2. The minimum atomic E-state index is -0.757. The first-order valence-corrected chi connectivity index (χ1v) is 9.34. The zero-order valence-electron chi connectivity index (χ0n) is 15.5. The molecule has 0 unspecified atom stereocenters. The Kier molecular flexibility index (Phi) is 8.70. The Morgan fingerprint density at radius 1 is 1.00 bits per heavy atom. The molecule has 2 aromatic carbocycles. The van der Waals surface area contributed by atoms with Gasteiger partial charge in [0, 0.05) is 6.54 Å². The summed E-state index contributed by atoms with van der Waals surface area (Å²) in [5, 5.41) is 11.7. The van der Waals surface area contributed by atoms with E-state index in [0.29, 0.717) is 6.54 Å². The van der Waals surface area contributed by atoms with Crippen molar-refractivity contribution in [3.8, 4) is 5.75 Å². The van der Waals surface area contributed by atoms with Crippen molar-refractivity contribution in [3.63, 3.8) is 0 Å². The van der Waals surface area contributed by atoms with Crippen LogP contribution in [0.2, 0.25) is 0 Å². The molecule has 0 fully saturated rings. The Morgan fingerprint density at radius 3 is 2.50 bits per heavy atom. The molecule has 2 rings (SSSR count). The summed E-state index contributed by atoms with van der Waals surface area (Å²) in [5.74, 6) is 0.158. The number of carboxylic acids is 1. The van der Waals surface area contributed by atoms with Crippen molar-refractivity contribution in [2.75, 3.05) is 19.7 Å². The minimum absolute atomic E-state index is 0.176. The second-order valence-electron chi connectivity index (χ2n) is 6.52. The average molecular weight is 355 g/mol. The van der Waals surface area contributed by atoms with Gasteiger partial charge in [0.2, 0.25) is 0 Å². The van der Waals surface area contributed by atoms with E-state index in [9.17, 15) is 4.79 Å². The van der Waals surface area contributed by atoms with Crippen LogP contribution in [-0.4, -0.2) is 30.8 Å². The van der Waals surface area contributed by atoms with Gasteiger partial charge >= 0.3 is 5.97 Å². The van der Waals surface area contributed by atoms with Crippen molar-refractivity contribution >= 4 is 5.97 Å². The van der Waals surface area contributed by atoms with Gasteiger partial charge < -0.3 is 15.2 Å². The van der Waals surface area contributed by atoms with Crippen LogP contribution in [0.5, 0.6) is 5.75 Å². The van der Waals surface area contributed by atoms with Gasteiger partial charge in [-0.2, -0.15) is 0 Å². The maximum Gasteiger partial charge on any atom is 0.304 e. The number of hydrogen-bond donors (Lipinski definition) is 2. The summed E-state index contributed by atoms with van der Waals surface area (Å²) in [6.45, 7) is 4.24. The summed E-state index contributed by atoms with van der Waals surface area (Å²) in [4.78, 5) is 10.4. The summed E-state index contributed by atoms with van der Waals surface area (Å²) in [5.41, 5.74) is 4.01. The molecule has 4 nitrogen and oxygen atoms in total. The molecule has 4 heteroatoms. The number of ether oxygens (including phenoxy) is 1. The Balaban J connectivity index is 1.60. The fourth-order valence-corrected chi connectivity index (χ4v) is 2.83. The second-order valence-corrected chi connectivity index (χ2v) is 6.52. The largest absolute Gasteiger partial charge is 0.494 e. The van der Waals surface area contributed by atoms with E-state index < -0.39 is 5.97 Å². The molecule has 0 heterocycles. The van der Waals surface area contributed by atoms with Crippen molar-refractivity contribution in [1.29, 1.82) is 0 Å². The summed E-state index contributed by atoms with van der Waals surface area (Å²) in [7, 11) is 0. The maximum absolute atomic E-state index is 10.4. The van der Waals surface area contributed by atoms with Gasteiger partial charge in [-0.15, -0.1) is 0 Å². The van der Waals surface area contributed by atoms with Crippen molar-refractivity contribution in [1.82, 2.24) is 5.32 Å². The number of aliphatic carboxylic acids is 1. The first kappa shape index (κ1) is 20.0. The normalized spacial score (nSPS) is 10.7. The molecule has 0 aliphatic heterocycles. The quantitative estimate of drug-likeness (QED) is 0.565. The van der Waals surface area contributed by atoms with E-state index in [-0.39, 0.29) is 6.42 Å². The second kappa shape index (κ2) is 11.3. The Morgan fingerprint density at radius 2 is 1.77 bits per heavy atom. The molecule has 0 aliphatic rings. The fourth-order valence-electron chi connectivity index (χ4n) is 2.83. The minimum Gasteiger partial charge on any atom is -0.494 e. The number of carbonyl (C=O) groups is 1. The van der Waals surface area contributed by atoms with Crippen molar-refractivity contribution < 1.29 is 14.6 Å². The lowest BCUT2D eigenvalue weighted by atomic mass is 10.0. The molecule has 0 amide bonds. The standard InChI is InChI=1S/C22H29NO3/c1-18-6-2-3-8-20(18)9-5-17-26-21-12-10-19(11-13-21)7-4-15-23-16-14-22(24)25/h2-3,6,8,10-13,23H,4-5,7,9,14-17H2,1H3,(H,24,25). The van der Waals surface area contributed by atoms with Crippen LogP contribution in [-0.2, 0) is 17.6 Å². The van der Waals surface area contributed by atoms with Crippen molar-refractivity contribution in [2.24, 2.45) is 0 Å². The van der Waals surface area contributed by atoms with Gasteiger partial charge in [0.1, 0.15) is 5.75 Å². The van der Waals surface area contributed by atoms with E-state index in [1.54, 1.807) is 0 Å². The van der Waals surface area contributed by atoms with Crippen LogP contribution >= 0.6 is 0 Å². The highest BCUT2D eigenvalue weighted by atomic mass is 16.5. The lowest BCUT2D eigenvalue weighted by molar-refractivity contribution is -0.136. The third-order valence-corrected chi connectivity index (χ3v) is 4.38.